The number of nitrogens with one attached hydrogen (secondary N) is 2. The van der Waals surface area contributed by atoms with Crippen LogP contribution in [-0.2, 0) is 15.3 Å². The van der Waals surface area contributed by atoms with E-state index >= 15 is 0 Å². The Morgan fingerprint density at radius 2 is 2.07 bits per heavy atom. The topological polar surface area (TPSA) is 67.4 Å². The number of amides is 2. The minimum absolute atomic E-state index is 0.220. The number of rotatable bonds is 7. The second-order valence-corrected chi connectivity index (χ2v) is 4.23. The summed E-state index contributed by atoms with van der Waals surface area (Å²) >= 11 is 2.71. The van der Waals surface area contributed by atoms with Gasteiger partial charge in [0.15, 0.2) is 11.1 Å². The Hall–Kier alpha value is -0.270. The van der Waals surface area contributed by atoms with E-state index in [4.69, 9.17) is 0 Å². The van der Waals surface area contributed by atoms with Crippen LogP contribution < -0.4 is 10.6 Å². The van der Waals surface area contributed by atoms with Gasteiger partial charge in [0.25, 0.3) is 0 Å². The fourth-order valence-electron chi connectivity index (χ4n) is 0.707. The lowest BCUT2D eigenvalue weighted by atomic mass is 10.5. The van der Waals surface area contributed by atoms with E-state index in [1.807, 2.05) is 0 Å². The molecule has 0 aliphatic carbocycles. The zero-order valence-corrected chi connectivity index (χ0v) is 9.83. The van der Waals surface area contributed by atoms with E-state index in [1.54, 1.807) is 0 Å². The van der Waals surface area contributed by atoms with Crippen molar-refractivity contribution in [3.63, 3.8) is 0 Å². The minimum Gasteiger partial charge on any atom is -0.338 e. The molecule has 1 atom stereocenters. The lowest BCUT2D eigenvalue weighted by Crippen LogP contribution is -2.37. The second-order valence-electron chi connectivity index (χ2n) is 2.43. The Bertz CT molecular complexity index is 190. The summed E-state index contributed by atoms with van der Waals surface area (Å²) in [5.41, 5.74) is 0. The van der Waals surface area contributed by atoms with Gasteiger partial charge in [-0.05, 0) is 6.42 Å². The van der Waals surface area contributed by atoms with Gasteiger partial charge in [0, 0.05) is 18.8 Å². The highest BCUT2D eigenvalue weighted by atomic mass is 32.2. The summed E-state index contributed by atoms with van der Waals surface area (Å²) in [7, 11) is 1.39. The Morgan fingerprint density at radius 1 is 1.43 bits per heavy atom. The Balaban J connectivity index is 3.27. The predicted octanol–water partition coefficient (Wildman–Crippen LogP) is -0.0844. The van der Waals surface area contributed by atoms with Crippen LogP contribution in [0.4, 0.5) is 4.79 Å². The van der Waals surface area contributed by atoms with Crippen molar-refractivity contribution >= 4 is 29.7 Å². The quantitative estimate of drug-likeness (QED) is 0.430. The largest absolute Gasteiger partial charge is 0.338 e. The summed E-state index contributed by atoms with van der Waals surface area (Å²) in [6, 6.07) is -0.220. The molecule has 5 nitrogen and oxygen atoms in total. The first-order valence-corrected chi connectivity index (χ1v) is 6.13. The van der Waals surface area contributed by atoms with E-state index in [1.165, 1.54) is 7.11 Å². The van der Waals surface area contributed by atoms with Gasteiger partial charge in [-0.25, -0.2) is 9.00 Å². The van der Waals surface area contributed by atoms with Crippen LogP contribution in [0, 0.1) is 0 Å². The molecule has 0 saturated carbocycles. The van der Waals surface area contributed by atoms with E-state index in [0.29, 0.717) is 31.0 Å². The van der Waals surface area contributed by atoms with E-state index in [2.05, 4.69) is 27.4 Å². The molecule has 14 heavy (non-hydrogen) atoms. The first-order valence-electron chi connectivity index (χ1n) is 4.26. The van der Waals surface area contributed by atoms with Crippen LogP contribution in [0.5, 0.6) is 0 Å². The zero-order chi connectivity index (χ0) is 10.8. The van der Waals surface area contributed by atoms with Gasteiger partial charge in [-0.2, -0.15) is 12.6 Å². The Labute approximate surface area is 92.0 Å². The van der Waals surface area contributed by atoms with Gasteiger partial charge in [-0.15, -0.1) is 0 Å². The van der Waals surface area contributed by atoms with Gasteiger partial charge in [0.2, 0.25) is 0 Å². The maximum absolute atomic E-state index is 11.0. The van der Waals surface area contributed by atoms with E-state index < -0.39 is 11.1 Å². The summed E-state index contributed by atoms with van der Waals surface area (Å²) in [6.07, 6.45) is 0.634. The smallest absolute Gasteiger partial charge is 0.314 e. The molecule has 0 aliphatic heterocycles. The van der Waals surface area contributed by atoms with Crippen LogP contribution in [0.15, 0.2) is 0 Å². The third-order valence-electron chi connectivity index (χ3n) is 1.36. The van der Waals surface area contributed by atoms with Crippen molar-refractivity contribution in [2.45, 2.75) is 6.42 Å². The first-order chi connectivity index (χ1) is 6.70. The average Bonchev–Trinajstić information content (AvgIpc) is 2.21. The van der Waals surface area contributed by atoms with Crippen LogP contribution in [0.25, 0.3) is 0 Å². The van der Waals surface area contributed by atoms with Crippen LogP contribution >= 0.6 is 12.6 Å². The van der Waals surface area contributed by atoms with Crippen molar-refractivity contribution in [1.29, 1.82) is 0 Å². The predicted molar refractivity (Wildman–Crippen MR) is 59.9 cm³/mol. The lowest BCUT2D eigenvalue weighted by Gasteiger charge is -2.05. The lowest BCUT2D eigenvalue weighted by molar-refractivity contribution is 0.241. The van der Waals surface area contributed by atoms with Crippen molar-refractivity contribution in [3.8, 4) is 0 Å². The number of carbonyl (C=O) groups excluding carboxylic acids is 1. The van der Waals surface area contributed by atoms with Gasteiger partial charge in [-0.3, -0.25) is 4.18 Å². The standard InChI is InChI=1S/C7H16N2O3S2/c1-12-14(11)6-2-3-8-7(10)9-4-5-13/h13H,2-6H2,1H3,(H2,8,9,10). The van der Waals surface area contributed by atoms with Crippen LogP contribution in [0.1, 0.15) is 6.42 Å². The fourth-order valence-corrected chi connectivity index (χ4v) is 1.37. The van der Waals surface area contributed by atoms with Gasteiger partial charge in [-0.1, -0.05) is 0 Å². The molecule has 0 fully saturated rings. The molecule has 2 N–H and O–H groups in total. The maximum atomic E-state index is 11.0. The average molecular weight is 240 g/mol. The van der Waals surface area contributed by atoms with Crippen molar-refractivity contribution < 1.29 is 13.2 Å². The van der Waals surface area contributed by atoms with Gasteiger partial charge in [0.1, 0.15) is 0 Å². The molecule has 1 unspecified atom stereocenters. The summed E-state index contributed by atoms with van der Waals surface area (Å²) in [5.74, 6) is 1.05. The summed E-state index contributed by atoms with van der Waals surface area (Å²) in [5, 5.41) is 5.22. The van der Waals surface area contributed by atoms with Crippen molar-refractivity contribution in [2.75, 3.05) is 31.7 Å². The highest BCUT2D eigenvalue weighted by molar-refractivity contribution is 7.80. The molecule has 0 spiro atoms. The molecule has 0 aromatic rings. The molecule has 0 bridgehead atoms. The molecule has 0 heterocycles. The van der Waals surface area contributed by atoms with E-state index in [9.17, 15) is 9.00 Å². The van der Waals surface area contributed by atoms with Crippen molar-refractivity contribution in [3.05, 3.63) is 0 Å². The number of urea groups is 1. The summed E-state index contributed by atoms with van der Waals surface area (Å²) in [6.45, 7) is 1.03. The van der Waals surface area contributed by atoms with Crippen molar-refractivity contribution in [2.24, 2.45) is 0 Å². The molecule has 0 radical (unpaired) electrons. The van der Waals surface area contributed by atoms with Gasteiger partial charge in [0.05, 0.1) is 12.9 Å². The summed E-state index contributed by atoms with van der Waals surface area (Å²) < 4.78 is 15.3. The Morgan fingerprint density at radius 3 is 2.64 bits per heavy atom. The van der Waals surface area contributed by atoms with E-state index in [-0.39, 0.29) is 6.03 Å². The molecule has 0 saturated heterocycles. The molecular formula is C7H16N2O3S2. The maximum Gasteiger partial charge on any atom is 0.314 e. The third kappa shape index (κ3) is 8.33. The SMILES string of the molecule is COS(=O)CCCNC(=O)NCCS. The molecule has 0 aromatic carbocycles. The molecule has 2 amide bonds. The molecular weight excluding hydrogens is 224 g/mol. The number of thiol groups is 1. The van der Waals surface area contributed by atoms with Crippen LogP contribution in [0.2, 0.25) is 0 Å². The molecule has 7 heteroatoms. The number of carbonyl (C=O) groups is 1. The second kappa shape index (κ2) is 9.29. The minimum atomic E-state index is -1.23. The molecule has 0 rings (SSSR count). The Kier molecular flexibility index (Phi) is 9.11. The van der Waals surface area contributed by atoms with Gasteiger partial charge < -0.3 is 10.6 Å². The van der Waals surface area contributed by atoms with E-state index in [0.717, 1.165) is 0 Å². The van der Waals surface area contributed by atoms with Crippen LogP contribution in [0.3, 0.4) is 0 Å². The third-order valence-corrected chi connectivity index (χ3v) is 2.57. The van der Waals surface area contributed by atoms with Gasteiger partial charge >= 0.3 is 6.03 Å². The molecule has 0 aromatic heterocycles. The normalized spacial score (nSPS) is 12.1. The monoisotopic (exact) mass is 240 g/mol. The molecule has 84 valence electrons. The summed E-state index contributed by atoms with van der Waals surface area (Å²) in [4.78, 5) is 11.0. The highest BCUT2D eigenvalue weighted by Gasteiger charge is 1.99. The van der Waals surface area contributed by atoms with Crippen molar-refractivity contribution in [1.82, 2.24) is 10.6 Å². The highest BCUT2D eigenvalue weighted by Crippen LogP contribution is 1.86. The fraction of sp³-hybridized carbons (Fsp3) is 0.857. The number of hydrogen-bond acceptors (Lipinski definition) is 4. The number of hydrogen-bond donors (Lipinski definition) is 3. The van der Waals surface area contributed by atoms with Crippen LogP contribution in [-0.4, -0.2) is 41.9 Å². The zero-order valence-electron chi connectivity index (χ0n) is 8.12. The first kappa shape index (κ1) is 13.7. The molecule has 0 aliphatic rings.